The van der Waals surface area contributed by atoms with Crippen molar-refractivity contribution in [3.8, 4) is 11.5 Å². The molecule has 1 aromatic heterocycles. The molecule has 2 rings (SSSR count). The van der Waals surface area contributed by atoms with E-state index in [0.717, 1.165) is 0 Å². The molecule has 0 aliphatic carbocycles. The molecule has 0 saturated carbocycles. The Kier molecular flexibility index (Phi) is 6.05. The predicted molar refractivity (Wildman–Crippen MR) is 95.1 cm³/mol. The Hall–Kier alpha value is -2.80. The molecule has 0 fully saturated rings. The normalized spacial score (nSPS) is 11.8. The Balaban J connectivity index is 2.10. The molecule has 1 heterocycles. The summed E-state index contributed by atoms with van der Waals surface area (Å²) < 4.78 is 15.4. The van der Waals surface area contributed by atoms with Gasteiger partial charge >= 0.3 is 5.97 Å². The maximum atomic E-state index is 12.3. The topological polar surface area (TPSA) is 97.9 Å². The lowest BCUT2D eigenvalue weighted by Gasteiger charge is -2.09. The van der Waals surface area contributed by atoms with E-state index in [1.54, 1.807) is 32.9 Å². The summed E-state index contributed by atoms with van der Waals surface area (Å²) in [5.74, 6) is -0.0893. The van der Waals surface area contributed by atoms with E-state index < -0.39 is 18.7 Å². The van der Waals surface area contributed by atoms with Crippen molar-refractivity contribution in [2.45, 2.75) is 26.9 Å². The second kappa shape index (κ2) is 8.05. The van der Waals surface area contributed by atoms with E-state index in [2.05, 4.69) is 4.98 Å². The van der Waals surface area contributed by atoms with Crippen LogP contribution in [-0.4, -0.2) is 42.7 Å². The van der Waals surface area contributed by atoms with E-state index in [4.69, 9.17) is 14.2 Å². The molecule has 0 amide bonds. The number of rotatable bonds is 7. The van der Waals surface area contributed by atoms with Gasteiger partial charge in [0.1, 0.15) is 5.69 Å². The Morgan fingerprint density at radius 1 is 1.15 bits per heavy atom. The van der Waals surface area contributed by atoms with Gasteiger partial charge < -0.3 is 24.3 Å². The van der Waals surface area contributed by atoms with Crippen LogP contribution in [0.4, 0.5) is 0 Å². The molecule has 2 N–H and O–H groups in total. The molecule has 1 aromatic carbocycles. The minimum Gasteiger partial charge on any atom is -0.493 e. The van der Waals surface area contributed by atoms with Gasteiger partial charge in [0.15, 0.2) is 23.9 Å². The molecule has 0 unspecified atom stereocenters. The number of ether oxygens (including phenoxy) is 3. The first-order chi connectivity index (χ1) is 12.3. The van der Waals surface area contributed by atoms with E-state index in [-0.39, 0.29) is 11.5 Å². The highest BCUT2D eigenvalue weighted by atomic mass is 16.5. The lowest BCUT2D eigenvalue weighted by Crippen LogP contribution is -2.15. The van der Waals surface area contributed by atoms with Crippen LogP contribution in [0, 0.1) is 13.8 Å². The van der Waals surface area contributed by atoms with Crippen LogP contribution in [0.3, 0.4) is 0 Å². The summed E-state index contributed by atoms with van der Waals surface area (Å²) in [6, 6.07) is 4.72. The average Bonchev–Trinajstić information content (AvgIpc) is 2.93. The third-order valence-electron chi connectivity index (χ3n) is 4.16. The number of carbonyl (C=O) groups excluding carboxylic acids is 2. The third kappa shape index (κ3) is 3.88. The molecule has 0 aliphatic heterocycles. The number of esters is 1. The highest BCUT2D eigenvalue weighted by Gasteiger charge is 2.22. The first-order valence-corrected chi connectivity index (χ1v) is 8.09. The first kappa shape index (κ1) is 19.5. The van der Waals surface area contributed by atoms with Crippen molar-refractivity contribution in [1.82, 2.24) is 4.98 Å². The molecule has 7 heteroatoms. The Labute approximate surface area is 151 Å². The lowest BCUT2D eigenvalue weighted by atomic mass is 10.1. The van der Waals surface area contributed by atoms with Crippen molar-refractivity contribution in [2.75, 3.05) is 20.8 Å². The number of nitrogens with one attached hydrogen (secondary N) is 1. The molecular formula is C19H23NO6. The number of ketones is 1. The number of aromatic nitrogens is 1. The summed E-state index contributed by atoms with van der Waals surface area (Å²) in [5, 5.41) is 9.79. The van der Waals surface area contributed by atoms with Gasteiger partial charge in [-0.3, -0.25) is 4.79 Å². The van der Waals surface area contributed by atoms with Gasteiger partial charge in [-0.1, -0.05) is 0 Å². The fourth-order valence-electron chi connectivity index (χ4n) is 2.89. The van der Waals surface area contributed by atoms with Gasteiger partial charge in [0.2, 0.25) is 0 Å². The van der Waals surface area contributed by atoms with Crippen molar-refractivity contribution < 1.29 is 28.9 Å². The SMILES string of the molecule is COc1ccc(C(=O)COC(=O)c2[nH]c(C)c([C@H](C)O)c2C)cc1OC. The molecular weight excluding hydrogens is 338 g/mol. The summed E-state index contributed by atoms with van der Waals surface area (Å²) in [4.78, 5) is 27.5. The highest BCUT2D eigenvalue weighted by molar-refractivity contribution is 5.99. The van der Waals surface area contributed by atoms with Crippen LogP contribution in [0.5, 0.6) is 11.5 Å². The number of Topliss-reactive ketones (excluding diaryl/α,β-unsaturated/α-hetero) is 1. The van der Waals surface area contributed by atoms with Gasteiger partial charge in [0, 0.05) is 16.8 Å². The fourth-order valence-corrected chi connectivity index (χ4v) is 2.89. The molecule has 0 radical (unpaired) electrons. The maximum Gasteiger partial charge on any atom is 0.355 e. The largest absolute Gasteiger partial charge is 0.493 e. The monoisotopic (exact) mass is 361 g/mol. The minimum absolute atomic E-state index is 0.235. The van der Waals surface area contributed by atoms with E-state index in [1.807, 2.05) is 0 Å². The van der Waals surface area contributed by atoms with E-state index in [1.165, 1.54) is 20.3 Å². The zero-order valence-electron chi connectivity index (χ0n) is 15.5. The van der Waals surface area contributed by atoms with Crippen molar-refractivity contribution >= 4 is 11.8 Å². The number of aliphatic hydroxyl groups is 1. The number of benzene rings is 1. The summed E-state index contributed by atoms with van der Waals surface area (Å²) in [6.45, 7) is 4.70. The number of aliphatic hydroxyl groups excluding tert-OH is 1. The molecule has 140 valence electrons. The van der Waals surface area contributed by atoms with Crippen LogP contribution >= 0.6 is 0 Å². The standard InChI is InChI=1S/C19H23NO6/c1-10-17(12(3)21)11(2)20-18(10)19(23)26-9-14(22)13-6-7-15(24-4)16(8-13)25-5/h6-8,12,20-21H,9H2,1-5H3/t12-/m0/s1. The van der Waals surface area contributed by atoms with Gasteiger partial charge in [-0.15, -0.1) is 0 Å². The van der Waals surface area contributed by atoms with Crippen molar-refractivity contribution in [3.05, 3.63) is 46.3 Å². The zero-order valence-corrected chi connectivity index (χ0v) is 15.5. The van der Waals surface area contributed by atoms with E-state index >= 15 is 0 Å². The summed E-state index contributed by atoms with van der Waals surface area (Å²) in [6.07, 6.45) is -0.707. The van der Waals surface area contributed by atoms with E-state index in [0.29, 0.717) is 33.9 Å². The number of aryl methyl sites for hydroxylation is 1. The molecule has 2 aromatic rings. The van der Waals surface area contributed by atoms with Gasteiger partial charge in [-0.05, 0) is 44.5 Å². The van der Waals surface area contributed by atoms with Crippen LogP contribution in [0.15, 0.2) is 18.2 Å². The number of methoxy groups -OCH3 is 2. The van der Waals surface area contributed by atoms with Crippen LogP contribution in [0.25, 0.3) is 0 Å². The second-order valence-corrected chi connectivity index (χ2v) is 5.91. The molecule has 0 bridgehead atoms. The van der Waals surface area contributed by atoms with Crippen molar-refractivity contribution in [1.29, 1.82) is 0 Å². The third-order valence-corrected chi connectivity index (χ3v) is 4.16. The fraction of sp³-hybridized carbons (Fsp3) is 0.368. The van der Waals surface area contributed by atoms with Crippen LogP contribution in [0.1, 0.15) is 50.7 Å². The number of hydrogen-bond acceptors (Lipinski definition) is 6. The van der Waals surface area contributed by atoms with Crippen molar-refractivity contribution in [3.63, 3.8) is 0 Å². The summed E-state index contributed by atoms with van der Waals surface area (Å²) in [7, 11) is 2.98. The van der Waals surface area contributed by atoms with Crippen LogP contribution in [0.2, 0.25) is 0 Å². The molecule has 1 atom stereocenters. The predicted octanol–water partition coefficient (Wildman–Crippen LogP) is 2.74. The molecule has 7 nitrogen and oxygen atoms in total. The molecule has 26 heavy (non-hydrogen) atoms. The number of H-pyrrole nitrogens is 1. The minimum atomic E-state index is -0.707. The molecule has 0 aliphatic rings. The van der Waals surface area contributed by atoms with E-state index in [9.17, 15) is 14.7 Å². The average molecular weight is 361 g/mol. The lowest BCUT2D eigenvalue weighted by molar-refractivity contribution is 0.0468. The van der Waals surface area contributed by atoms with Gasteiger partial charge in [-0.2, -0.15) is 0 Å². The number of hydrogen-bond donors (Lipinski definition) is 2. The number of carbonyl (C=O) groups is 2. The molecule has 0 saturated heterocycles. The second-order valence-electron chi connectivity index (χ2n) is 5.91. The van der Waals surface area contributed by atoms with Gasteiger partial charge in [0.05, 0.1) is 20.3 Å². The molecule has 0 spiro atoms. The Bertz CT molecular complexity index is 822. The Morgan fingerprint density at radius 3 is 2.35 bits per heavy atom. The maximum absolute atomic E-state index is 12.3. The summed E-state index contributed by atoms with van der Waals surface area (Å²) in [5.41, 5.74) is 2.54. The quantitative estimate of drug-likeness (QED) is 0.581. The van der Waals surface area contributed by atoms with Crippen molar-refractivity contribution in [2.24, 2.45) is 0 Å². The van der Waals surface area contributed by atoms with Crippen LogP contribution in [-0.2, 0) is 4.74 Å². The highest BCUT2D eigenvalue weighted by Crippen LogP contribution is 2.28. The zero-order chi connectivity index (χ0) is 19.4. The summed E-state index contributed by atoms with van der Waals surface area (Å²) >= 11 is 0. The smallest absolute Gasteiger partial charge is 0.355 e. The Morgan fingerprint density at radius 2 is 1.81 bits per heavy atom. The number of aromatic amines is 1. The first-order valence-electron chi connectivity index (χ1n) is 8.09. The van der Waals surface area contributed by atoms with Gasteiger partial charge in [-0.25, -0.2) is 4.79 Å². The van der Waals surface area contributed by atoms with Gasteiger partial charge in [0.25, 0.3) is 0 Å². The van der Waals surface area contributed by atoms with Crippen LogP contribution < -0.4 is 9.47 Å².